The van der Waals surface area contributed by atoms with Crippen LogP contribution in [0, 0.1) is 0 Å². The lowest BCUT2D eigenvalue weighted by molar-refractivity contribution is -0.284. The first-order valence-electron chi connectivity index (χ1n) is 16.6. The molecule has 0 aliphatic carbocycles. The summed E-state index contributed by atoms with van der Waals surface area (Å²) in [6.45, 7) is 4.15. The number of carbonyl (C=O) groups is 3. The molecule has 3 N–H and O–H groups in total. The number of hydrogen-bond donors (Lipinski definition) is 3. The fourth-order valence-corrected chi connectivity index (χ4v) is 5.14. The van der Waals surface area contributed by atoms with Crippen LogP contribution in [0.2, 0.25) is 0 Å². The number of hydrogen-bond acceptors (Lipinski definition) is 9. The monoisotopic (exact) mass is 850 g/mol. The van der Waals surface area contributed by atoms with Crippen molar-refractivity contribution >= 4 is 39.5 Å². The summed E-state index contributed by atoms with van der Waals surface area (Å²) in [5, 5.41) is 1.98. The molecular formula is C36H41BrF6N4O8. The Morgan fingerprint density at radius 1 is 0.891 bits per heavy atom. The Morgan fingerprint density at radius 3 is 2.11 bits per heavy atom. The highest BCUT2D eigenvalue weighted by Crippen LogP contribution is 2.37. The summed E-state index contributed by atoms with van der Waals surface area (Å²) < 4.78 is 111. The molecule has 0 bridgehead atoms. The lowest BCUT2D eigenvalue weighted by atomic mass is 10.0. The van der Waals surface area contributed by atoms with Crippen molar-refractivity contribution in [3.8, 4) is 5.75 Å². The van der Waals surface area contributed by atoms with Gasteiger partial charge in [-0.2, -0.15) is 26.3 Å². The molecule has 0 radical (unpaired) electrons. The van der Waals surface area contributed by atoms with Crippen LogP contribution in [0.25, 0.3) is 0 Å². The fourth-order valence-electron chi connectivity index (χ4n) is 4.62. The average molecular weight is 852 g/mol. The standard InChI is InChI=1S/C36H41BrF6N4O8/c1-22(53-19-24-13-15-25(51-5)16-14-24)10-9-17-52-21-34(36(41,42)43,54-20-23-11-7-6-8-12-23)31(49)47-46-30(48)28-27(44-32(50)55-33(2,3)4)18-26(29(37)45-28)35(38,39)40/h6-8,11-16,18,22H,9-10,17,19-21H2,1-5H3,(H,44,50)(H,46,48)(H,47,49)/t22-,34?/m0/s1. The van der Waals surface area contributed by atoms with E-state index in [2.05, 4.69) is 20.9 Å². The number of carbonyl (C=O) groups excluding carboxylic acids is 3. The zero-order chi connectivity index (χ0) is 41.0. The number of nitrogens with zero attached hydrogens (tertiary/aromatic N) is 1. The zero-order valence-corrected chi connectivity index (χ0v) is 32.0. The van der Waals surface area contributed by atoms with Crippen molar-refractivity contribution in [3.05, 3.63) is 87.7 Å². The van der Waals surface area contributed by atoms with E-state index in [0.717, 1.165) is 5.56 Å². The van der Waals surface area contributed by atoms with Crippen LogP contribution in [-0.2, 0) is 43.1 Å². The van der Waals surface area contributed by atoms with Gasteiger partial charge in [-0.3, -0.25) is 25.8 Å². The predicted octanol–water partition coefficient (Wildman–Crippen LogP) is 7.90. The Hall–Kier alpha value is -4.46. The third-order valence-corrected chi connectivity index (χ3v) is 8.08. The van der Waals surface area contributed by atoms with Gasteiger partial charge in [-0.15, -0.1) is 0 Å². The molecule has 0 saturated heterocycles. The van der Waals surface area contributed by atoms with Crippen LogP contribution in [0.4, 0.5) is 36.8 Å². The SMILES string of the molecule is COc1ccc(CO[C@@H](C)CCCOCC(OCc2ccccc2)(C(=O)NNC(=O)c2nc(Br)c(C(F)(F)F)cc2NC(=O)OC(C)(C)C)C(F)(F)F)cc1. The predicted molar refractivity (Wildman–Crippen MR) is 190 cm³/mol. The average Bonchev–Trinajstić information content (AvgIpc) is 3.10. The van der Waals surface area contributed by atoms with Crippen molar-refractivity contribution in [1.82, 2.24) is 15.8 Å². The maximum absolute atomic E-state index is 14.9. The molecule has 19 heteroatoms. The molecule has 3 amide bonds. The van der Waals surface area contributed by atoms with E-state index >= 15 is 0 Å². The van der Waals surface area contributed by atoms with E-state index in [1.54, 1.807) is 55.2 Å². The largest absolute Gasteiger partial charge is 0.497 e. The highest BCUT2D eigenvalue weighted by molar-refractivity contribution is 9.10. The van der Waals surface area contributed by atoms with Crippen molar-refractivity contribution in [2.75, 3.05) is 25.6 Å². The molecule has 3 aromatic rings. The molecule has 2 atom stereocenters. The Balaban J connectivity index is 1.77. The molecule has 1 unspecified atom stereocenters. The van der Waals surface area contributed by atoms with E-state index in [4.69, 9.17) is 23.7 Å². The van der Waals surface area contributed by atoms with Crippen molar-refractivity contribution in [1.29, 1.82) is 0 Å². The first kappa shape index (κ1) is 44.9. The van der Waals surface area contributed by atoms with Gasteiger partial charge >= 0.3 is 18.4 Å². The lowest BCUT2D eigenvalue weighted by Gasteiger charge is -2.34. The lowest BCUT2D eigenvalue weighted by Crippen LogP contribution is -2.64. The summed E-state index contributed by atoms with van der Waals surface area (Å²) in [7, 11) is 1.54. The topological polar surface area (TPSA) is 146 Å². The molecule has 1 aromatic heterocycles. The van der Waals surface area contributed by atoms with E-state index < -0.39 is 76.2 Å². The highest BCUT2D eigenvalue weighted by Gasteiger charge is 2.62. The number of ether oxygens (including phenoxy) is 5. The van der Waals surface area contributed by atoms with Crippen LogP contribution in [0.1, 0.15) is 67.7 Å². The van der Waals surface area contributed by atoms with E-state index in [-0.39, 0.29) is 31.3 Å². The van der Waals surface area contributed by atoms with Gasteiger partial charge in [0.15, 0.2) is 5.69 Å². The summed E-state index contributed by atoms with van der Waals surface area (Å²) in [6.07, 6.45) is -11.4. The number of aromatic nitrogens is 1. The van der Waals surface area contributed by atoms with E-state index in [1.807, 2.05) is 17.4 Å². The minimum atomic E-state index is -5.43. The number of rotatable bonds is 16. The Labute approximate surface area is 321 Å². The number of hydrazine groups is 1. The first-order chi connectivity index (χ1) is 25.6. The quantitative estimate of drug-likeness (QED) is 0.0567. The summed E-state index contributed by atoms with van der Waals surface area (Å²) in [4.78, 5) is 42.6. The van der Waals surface area contributed by atoms with Crippen molar-refractivity contribution in [2.24, 2.45) is 0 Å². The summed E-state index contributed by atoms with van der Waals surface area (Å²) in [6, 6.07) is 15.2. The summed E-state index contributed by atoms with van der Waals surface area (Å²) in [5.41, 5.74) is -3.46. The highest BCUT2D eigenvalue weighted by atomic mass is 79.9. The van der Waals surface area contributed by atoms with Gasteiger partial charge in [-0.05, 0) is 85.8 Å². The van der Waals surface area contributed by atoms with Crippen LogP contribution in [0.3, 0.4) is 0 Å². The molecule has 0 saturated carbocycles. The fraction of sp³-hybridized carbons (Fsp3) is 0.444. The molecule has 2 aromatic carbocycles. The van der Waals surface area contributed by atoms with Gasteiger partial charge in [0.1, 0.15) is 16.0 Å². The van der Waals surface area contributed by atoms with Gasteiger partial charge in [0.05, 0.1) is 44.3 Å². The van der Waals surface area contributed by atoms with Crippen LogP contribution < -0.4 is 20.9 Å². The molecule has 0 spiro atoms. The molecule has 1 heterocycles. The number of alkyl halides is 6. The minimum absolute atomic E-state index is 0.233. The molecule has 0 aliphatic rings. The smallest absolute Gasteiger partial charge is 0.429 e. The third-order valence-electron chi connectivity index (χ3n) is 7.47. The second kappa shape index (κ2) is 19.4. The number of benzene rings is 2. The second-order valence-electron chi connectivity index (χ2n) is 13.0. The van der Waals surface area contributed by atoms with E-state index in [9.17, 15) is 40.7 Å². The van der Waals surface area contributed by atoms with Crippen LogP contribution in [-0.4, -0.2) is 66.7 Å². The van der Waals surface area contributed by atoms with Crippen LogP contribution in [0.5, 0.6) is 5.75 Å². The Morgan fingerprint density at radius 2 is 1.53 bits per heavy atom. The maximum atomic E-state index is 14.9. The Kier molecular flexibility index (Phi) is 15.9. The van der Waals surface area contributed by atoms with Crippen molar-refractivity contribution < 1.29 is 64.4 Å². The van der Waals surface area contributed by atoms with Crippen molar-refractivity contribution in [3.63, 3.8) is 0 Å². The number of methoxy groups -OCH3 is 1. The maximum Gasteiger partial charge on any atom is 0.429 e. The van der Waals surface area contributed by atoms with Gasteiger partial charge in [-0.25, -0.2) is 9.78 Å². The Bertz CT molecular complexity index is 1740. The summed E-state index contributed by atoms with van der Waals surface area (Å²) >= 11 is 2.62. The van der Waals surface area contributed by atoms with Crippen molar-refractivity contribution in [2.45, 2.75) is 83.4 Å². The van der Waals surface area contributed by atoms with E-state index in [1.165, 1.54) is 32.9 Å². The van der Waals surface area contributed by atoms with E-state index in [0.29, 0.717) is 18.2 Å². The minimum Gasteiger partial charge on any atom is -0.497 e. The molecule has 55 heavy (non-hydrogen) atoms. The normalized spacial score (nSPS) is 13.7. The molecule has 12 nitrogen and oxygen atoms in total. The van der Waals surface area contributed by atoms with Gasteiger partial charge in [0.2, 0.25) is 0 Å². The number of halogens is 7. The number of nitrogens with one attached hydrogen (secondary N) is 3. The molecule has 0 fully saturated rings. The summed E-state index contributed by atoms with van der Waals surface area (Å²) in [5.74, 6) is -2.75. The molecule has 0 aliphatic heterocycles. The molecule has 302 valence electrons. The zero-order valence-electron chi connectivity index (χ0n) is 30.5. The first-order valence-corrected chi connectivity index (χ1v) is 17.4. The van der Waals surface area contributed by atoms with Gasteiger partial charge in [0.25, 0.3) is 17.4 Å². The molecule has 3 rings (SSSR count). The van der Waals surface area contributed by atoms with Crippen LogP contribution in [0.15, 0.2) is 65.3 Å². The van der Waals surface area contributed by atoms with Crippen LogP contribution >= 0.6 is 15.9 Å². The van der Waals surface area contributed by atoms with Gasteiger partial charge in [-0.1, -0.05) is 42.5 Å². The van der Waals surface area contributed by atoms with Gasteiger partial charge in [0, 0.05) is 6.61 Å². The number of pyridine rings is 1. The second-order valence-corrected chi connectivity index (χ2v) is 13.8. The van der Waals surface area contributed by atoms with Gasteiger partial charge < -0.3 is 23.7 Å². The third kappa shape index (κ3) is 13.7. The molecular weight excluding hydrogens is 810 g/mol. The number of amides is 3. The number of anilines is 1.